The highest BCUT2D eigenvalue weighted by molar-refractivity contribution is 5.88. The van der Waals surface area contributed by atoms with Gasteiger partial charge in [-0.3, -0.25) is 0 Å². The first kappa shape index (κ1) is 19.5. The summed E-state index contributed by atoms with van der Waals surface area (Å²) in [5.74, 6) is 4.40. The fraction of sp³-hybridized carbons (Fsp3) is 0.286. The minimum absolute atomic E-state index is 0.533. The lowest BCUT2D eigenvalue weighted by atomic mass is 10.2. The zero-order valence-electron chi connectivity index (χ0n) is 14.3. The molecule has 0 N–H and O–H groups in total. The minimum atomic E-state index is -0.533. The van der Waals surface area contributed by atoms with E-state index in [0.29, 0.717) is 6.61 Å². The van der Waals surface area contributed by atoms with Gasteiger partial charge in [0, 0.05) is 12.5 Å². The summed E-state index contributed by atoms with van der Waals surface area (Å²) in [6.07, 6.45) is 11.5. The van der Waals surface area contributed by atoms with E-state index in [1.54, 1.807) is 12.2 Å². The summed E-state index contributed by atoms with van der Waals surface area (Å²) in [4.78, 5) is 10.8. The second-order valence-electron chi connectivity index (χ2n) is 5.11. The van der Waals surface area contributed by atoms with Crippen molar-refractivity contribution in [3.63, 3.8) is 0 Å². The van der Waals surface area contributed by atoms with E-state index in [-0.39, 0.29) is 0 Å². The molecule has 0 bridgehead atoms. The van der Waals surface area contributed by atoms with Gasteiger partial charge in [-0.1, -0.05) is 66.1 Å². The molecule has 0 spiro atoms. The van der Waals surface area contributed by atoms with Crippen LogP contribution in [0.15, 0.2) is 66.3 Å². The topological polar surface area (TPSA) is 35.5 Å². The highest BCUT2D eigenvalue weighted by Crippen LogP contribution is 2.03. The molecule has 1 rings (SSSR count). The van der Waals surface area contributed by atoms with Gasteiger partial charge in [0.15, 0.2) is 0 Å². The van der Waals surface area contributed by atoms with Gasteiger partial charge in [-0.05, 0) is 31.4 Å². The van der Waals surface area contributed by atoms with Crippen molar-refractivity contribution < 1.29 is 14.3 Å². The van der Waals surface area contributed by atoms with E-state index in [0.717, 1.165) is 25.0 Å². The van der Waals surface area contributed by atoms with Gasteiger partial charge < -0.3 is 9.47 Å². The van der Waals surface area contributed by atoms with Crippen molar-refractivity contribution in [2.24, 2.45) is 0 Å². The average Bonchev–Trinajstić information content (AvgIpc) is 2.61. The monoisotopic (exact) mass is 324 g/mol. The van der Waals surface area contributed by atoms with Crippen LogP contribution in [0, 0.1) is 11.8 Å². The molecule has 0 aliphatic carbocycles. The maximum Gasteiger partial charge on any atom is 0.384 e. The first-order valence-corrected chi connectivity index (χ1v) is 7.93. The largest absolute Gasteiger partial charge is 0.459 e. The quantitative estimate of drug-likeness (QED) is 0.236. The van der Waals surface area contributed by atoms with Crippen molar-refractivity contribution in [3.8, 4) is 11.8 Å². The smallest absolute Gasteiger partial charge is 0.384 e. The predicted octanol–water partition coefficient (Wildman–Crippen LogP) is 4.22. The van der Waals surface area contributed by atoms with Gasteiger partial charge in [-0.25, -0.2) is 4.79 Å². The number of carbonyl (C=O) groups excluding carboxylic acids is 1. The standard InChI is InChI=1S/C21H24O3/c1-19(12-6-3-10-16-21(22)23-2)13-7-5-11-17-24-18-20-14-8-4-9-15-20/h3-4,6-9,12-15H,5,11,17-18H2,1-2H3/b6-3+,13-7+,19-12+. The number of ether oxygens (including phenoxy) is 2. The highest BCUT2D eigenvalue weighted by Gasteiger charge is 1.91. The molecule has 0 amide bonds. The molecule has 0 aromatic heterocycles. The molecular formula is C21H24O3. The molecular weight excluding hydrogens is 300 g/mol. The van der Waals surface area contributed by atoms with Crippen molar-refractivity contribution in [2.75, 3.05) is 13.7 Å². The van der Waals surface area contributed by atoms with Crippen LogP contribution in [0.3, 0.4) is 0 Å². The number of carbonyl (C=O) groups is 1. The van der Waals surface area contributed by atoms with Crippen molar-refractivity contribution in [3.05, 3.63) is 71.8 Å². The predicted molar refractivity (Wildman–Crippen MR) is 97.2 cm³/mol. The summed E-state index contributed by atoms with van der Waals surface area (Å²) in [5.41, 5.74) is 2.32. The molecule has 0 unspecified atom stereocenters. The van der Waals surface area contributed by atoms with Crippen LogP contribution in [-0.4, -0.2) is 19.7 Å². The van der Waals surface area contributed by atoms with Crippen LogP contribution in [0.25, 0.3) is 0 Å². The van der Waals surface area contributed by atoms with Crippen molar-refractivity contribution in [1.29, 1.82) is 0 Å². The van der Waals surface area contributed by atoms with E-state index in [1.165, 1.54) is 12.7 Å². The number of methoxy groups -OCH3 is 1. The van der Waals surface area contributed by atoms with Gasteiger partial charge in [-0.15, -0.1) is 0 Å². The van der Waals surface area contributed by atoms with E-state index in [1.807, 2.05) is 31.2 Å². The van der Waals surface area contributed by atoms with Crippen molar-refractivity contribution >= 4 is 5.97 Å². The Balaban J connectivity index is 2.14. The number of allylic oxidation sites excluding steroid dienone is 6. The summed E-state index contributed by atoms with van der Waals surface area (Å²) in [5, 5.41) is 0. The molecule has 3 nitrogen and oxygen atoms in total. The average molecular weight is 324 g/mol. The van der Waals surface area contributed by atoms with E-state index in [4.69, 9.17) is 4.74 Å². The maximum absolute atomic E-state index is 10.8. The molecule has 24 heavy (non-hydrogen) atoms. The normalized spacial score (nSPS) is 11.5. The first-order valence-electron chi connectivity index (χ1n) is 7.93. The van der Waals surface area contributed by atoms with E-state index >= 15 is 0 Å². The third-order valence-electron chi connectivity index (χ3n) is 3.05. The Kier molecular flexibility index (Phi) is 10.5. The lowest BCUT2D eigenvalue weighted by molar-refractivity contribution is -0.133. The van der Waals surface area contributed by atoms with E-state index in [9.17, 15) is 4.79 Å². The Hall–Kier alpha value is -2.57. The Bertz CT molecular complexity index is 628. The van der Waals surface area contributed by atoms with Gasteiger partial charge in [0.1, 0.15) is 0 Å². The Labute approximate surface area is 144 Å². The minimum Gasteiger partial charge on any atom is -0.459 e. The van der Waals surface area contributed by atoms with Crippen LogP contribution >= 0.6 is 0 Å². The summed E-state index contributed by atoms with van der Waals surface area (Å²) in [6, 6.07) is 10.2. The van der Waals surface area contributed by atoms with Crippen LogP contribution < -0.4 is 0 Å². The van der Waals surface area contributed by atoms with Gasteiger partial charge >= 0.3 is 5.97 Å². The third kappa shape index (κ3) is 10.2. The number of benzene rings is 1. The zero-order chi connectivity index (χ0) is 17.5. The first-order chi connectivity index (χ1) is 11.7. The fourth-order valence-electron chi connectivity index (χ4n) is 1.79. The number of esters is 1. The number of unbranched alkanes of at least 4 members (excludes halogenated alkanes) is 1. The molecule has 3 heteroatoms. The SMILES string of the molecule is COC(=O)C#C/C=C/C=C(C)/C=C/CCCOCc1ccccc1. The number of hydrogen-bond acceptors (Lipinski definition) is 3. The molecule has 126 valence electrons. The van der Waals surface area contributed by atoms with Crippen LogP contribution in [0.4, 0.5) is 0 Å². The van der Waals surface area contributed by atoms with Crippen molar-refractivity contribution in [2.45, 2.75) is 26.4 Å². The van der Waals surface area contributed by atoms with Crippen molar-refractivity contribution in [1.82, 2.24) is 0 Å². The molecule has 1 aromatic carbocycles. The molecule has 0 saturated heterocycles. The molecule has 0 radical (unpaired) electrons. The van der Waals surface area contributed by atoms with E-state index < -0.39 is 5.97 Å². The zero-order valence-corrected chi connectivity index (χ0v) is 14.3. The summed E-state index contributed by atoms with van der Waals surface area (Å²) in [7, 11) is 1.31. The number of rotatable bonds is 8. The van der Waals surface area contributed by atoms with Gasteiger partial charge in [0.25, 0.3) is 0 Å². The lowest BCUT2D eigenvalue weighted by Crippen LogP contribution is -1.94. The molecule has 0 fully saturated rings. The van der Waals surface area contributed by atoms with Gasteiger partial charge in [0.05, 0.1) is 13.7 Å². The second kappa shape index (κ2) is 12.9. The van der Waals surface area contributed by atoms with Crippen LogP contribution in [0.1, 0.15) is 25.3 Å². The lowest BCUT2D eigenvalue weighted by Gasteiger charge is -2.02. The van der Waals surface area contributed by atoms with Gasteiger partial charge in [0.2, 0.25) is 0 Å². The summed E-state index contributed by atoms with van der Waals surface area (Å²) < 4.78 is 10.0. The third-order valence-corrected chi connectivity index (χ3v) is 3.05. The molecule has 1 aromatic rings. The molecule has 0 atom stereocenters. The molecule has 0 aliphatic heterocycles. The second-order valence-corrected chi connectivity index (χ2v) is 5.11. The Morgan fingerprint density at radius 1 is 1.25 bits per heavy atom. The van der Waals surface area contributed by atoms with E-state index in [2.05, 4.69) is 40.9 Å². The highest BCUT2D eigenvalue weighted by atomic mass is 16.5. The molecule has 0 aliphatic rings. The van der Waals surface area contributed by atoms with Crippen LogP contribution in [0.5, 0.6) is 0 Å². The maximum atomic E-state index is 10.8. The molecule has 0 heterocycles. The summed E-state index contributed by atoms with van der Waals surface area (Å²) in [6.45, 7) is 3.44. The van der Waals surface area contributed by atoms with Gasteiger partial charge in [-0.2, -0.15) is 0 Å². The summed E-state index contributed by atoms with van der Waals surface area (Å²) >= 11 is 0. The Morgan fingerprint density at radius 2 is 2.04 bits per heavy atom. The number of hydrogen-bond donors (Lipinski definition) is 0. The Morgan fingerprint density at radius 3 is 2.79 bits per heavy atom. The van der Waals surface area contributed by atoms with Crippen LogP contribution in [-0.2, 0) is 20.9 Å². The molecule has 0 saturated carbocycles. The fourth-order valence-corrected chi connectivity index (χ4v) is 1.79. The van der Waals surface area contributed by atoms with Crippen LogP contribution in [0.2, 0.25) is 0 Å².